The molecule has 1 heterocycles. The second kappa shape index (κ2) is 13.2. The molecule has 9 nitrogen and oxygen atoms in total. The molecule has 2 amide bonds. The predicted octanol–water partition coefficient (Wildman–Crippen LogP) is 4.68. The number of halogens is 1. The Bertz CT molecular complexity index is 1190. The van der Waals surface area contributed by atoms with Gasteiger partial charge in [-0.25, -0.2) is 0 Å². The van der Waals surface area contributed by atoms with Crippen LogP contribution >= 0.6 is 11.6 Å². The first-order valence-corrected chi connectivity index (χ1v) is 13.2. The van der Waals surface area contributed by atoms with E-state index in [0.29, 0.717) is 46.3 Å². The van der Waals surface area contributed by atoms with E-state index in [2.05, 4.69) is 10.1 Å². The monoisotopic (exact) mass is 560 g/mol. The number of fused-ring (bicyclic) bond motifs is 1. The molecule has 0 unspecified atom stereocenters. The Balaban J connectivity index is 2.04. The van der Waals surface area contributed by atoms with Crippen molar-refractivity contribution in [3.8, 4) is 11.5 Å². The number of nitrogens with zero attached hydrogens (tertiary/aromatic N) is 1. The summed E-state index contributed by atoms with van der Waals surface area (Å²) in [6, 6.07) is 10.7. The third kappa shape index (κ3) is 7.64. The van der Waals surface area contributed by atoms with Crippen LogP contribution in [0.3, 0.4) is 0 Å². The van der Waals surface area contributed by atoms with E-state index < -0.39 is 12.2 Å². The zero-order valence-electron chi connectivity index (χ0n) is 23.3. The number of ether oxygens (including phenoxy) is 4. The summed E-state index contributed by atoms with van der Waals surface area (Å²) in [5, 5.41) is 3.26. The van der Waals surface area contributed by atoms with Crippen LogP contribution in [0.4, 0.5) is 5.69 Å². The van der Waals surface area contributed by atoms with Crippen LogP contribution in [0.15, 0.2) is 36.4 Å². The zero-order valence-corrected chi connectivity index (χ0v) is 24.1. The van der Waals surface area contributed by atoms with Crippen LogP contribution in [0.1, 0.15) is 57.3 Å². The highest BCUT2D eigenvalue weighted by atomic mass is 35.5. The van der Waals surface area contributed by atoms with Crippen molar-refractivity contribution in [1.29, 1.82) is 0 Å². The molecule has 0 saturated carbocycles. The molecule has 2 aromatic rings. The van der Waals surface area contributed by atoms with Crippen molar-refractivity contribution in [2.45, 2.75) is 52.2 Å². The summed E-state index contributed by atoms with van der Waals surface area (Å²) in [7, 11) is 4.40. The standard InChI is InChI=1S/C29H37ClN2O7/c1-29(2,3)17-32-21-13-12-18(30)15-20(21)26(19-9-7-10-22(36-4)27(19)38-6)39-23(28(32)35)16-24(33)31-14-8-11-25(34)37-5/h7,9-10,12-13,15,23,26H,8,11,14,16-17H2,1-6H3,(H,31,33)/t23-,26-/m1/s1. The summed E-state index contributed by atoms with van der Waals surface area (Å²) >= 11 is 6.44. The minimum Gasteiger partial charge on any atom is -0.493 e. The van der Waals surface area contributed by atoms with E-state index in [-0.39, 0.29) is 42.6 Å². The number of amides is 2. The Hall–Kier alpha value is -3.30. The van der Waals surface area contributed by atoms with E-state index in [9.17, 15) is 14.4 Å². The van der Waals surface area contributed by atoms with Crippen molar-refractivity contribution in [2.75, 3.05) is 39.3 Å². The van der Waals surface area contributed by atoms with E-state index in [1.54, 1.807) is 36.3 Å². The SMILES string of the molecule is COC(=O)CCCNC(=O)C[C@H]1O[C@H](c2cccc(OC)c2OC)c2cc(Cl)ccc2N(CC(C)(C)C)C1=O. The normalized spacial score (nSPS) is 17.2. The number of benzene rings is 2. The molecule has 0 radical (unpaired) electrons. The van der Waals surface area contributed by atoms with Crippen LogP contribution in [0, 0.1) is 5.41 Å². The van der Waals surface area contributed by atoms with Gasteiger partial charge in [0.1, 0.15) is 12.2 Å². The number of hydrogen-bond donors (Lipinski definition) is 1. The molecule has 1 aliphatic heterocycles. The van der Waals surface area contributed by atoms with E-state index in [0.717, 1.165) is 0 Å². The molecule has 212 valence electrons. The molecule has 39 heavy (non-hydrogen) atoms. The smallest absolute Gasteiger partial charge is 0.305 e. The summed E-state index contributed by atoms with van der Waals surface area (Å²) in [4.78, 5) is 40.0. The Morgan fingerprint density at radius 2 is 1.82 bits per heavy atom. The van der Waals surface area contributed by atoms with E-state index in [4.69, 9.17) is 25.8 Å². The van der Waals surface area contributed by atoms with Gasteiger partial charge in [0.25, 0.3) is 5.91 Å². The van der Waals surface area contributed by atoms with Gasteiger partial charge in [-0.05, 0) is 36.1 Å². The van der Waals surface area contributed by atoms with Crippen LogP contribution in [-0.4, -0.2) is 58.3 Å². The lowest BCUT2D eigenvalue weighted by Gasteiger charge is -2.31. The highest BCUT2D eigenvalue weighted by molar-refractivity contribution is 6.30. The fourth-order valence-electron chi connectivity index (χ4n) is 4.50. The van der Waals surface area contributed by atoms with Gasteiger partial charge in [0.05, 0.1) is 27.8 Å². The predicted molar refractivity (Wildman–Crippen MR) is 148 cm³/mol. The maximum Gasteiger partial charge on any atom is 0.305 e. The molecular formula is C29H37ClN2O7. The average molecular weight is 561 g/mol. The number of hydrogen-bond acceptors (Lipinski definition) is 7. The van der Waals surface area contributed by atoms with Crippen molar-refractivity contribution in [2.24, 2.45) is 5.41 Å². The van der Waals surface area contributed by atoms with Gasteiger partial charge in [-0.15, -0.1) is 0 Å². The van der Waals surface area contributed by atoms with Crippen LogP contribution in [0.5, 0.6) is 11.5 Å². The quantitative estimate of drug-likeness (QED) is 0.332. The van der Waals surface area contributed by atoms with Gasteiger partial charge < -0.3 is 29.2 Å². The molecule has 1 N–H and O–H groups in total. The average Bonchev–Trinajstić information content (AvgIpc) is 2.99. The first-order chi connectivity index (χ1) is 18.5. The van der Waals surface area contributed by atoms with Gasteiger partial charge in [-0.1, -0.05) is 44.5 Å². The molecule has 2 aromatic carbocycles. The number of esters is 1. The number of methoxy groups -OCH3 is 3. The molecule has 0 saturated heterocycles. The number of para-hydroxylation sites is 1. The summed E-state index contributed by atoms with van der Waals surface area (Å²) in [5.41, 5.74) is 1.71. The minimum absolute atomic E-state index is 0.183. The van der Waals surface area contributed by atoms with Gasteiger partial charge in [0.2, 0.25) is 5.91 Å². The number of carbonyl (C=O) groups is 3. The van der Waals surface area contributed by atoms with Gasteiger partial charge in [-0.2, -0.15) is 0 Å². The van der Waals surface area contributed by atoms with Gasteiger partial charge in [-0.3, -0.25) is 14.4 Å². The second-order valence-corrected chi connectivity index (χ2v) is 10.9. The fourth-order valence-corrected chi connectivity index (χ4v) is 4.69. The summed E-state index contributed by atoms with van der Waals surface area (Å²) in [5.74, 6) is -0.0875. The molecule has 3 rings (SSSR count). The first kappa shape index (κ1) is 30.2. The second-order valence-electron chi connectivity index (χ2n) is 10.5. The fraction of sp³-hybridized carbons (Fsp3) is 0.483. The molecule has 0 fully saturated rings. The lowest BCUT2D eigenvalue weighted by molar-refractivity contribution is -0.141. The van der Waals surface area contributed by atoms with Crippen LogP contribution < -0.4 is 19.7 Å². The van der Waals surface area contributed by atoms with Gasteiger partial charge in [0.15, 0.2) is 11.5 Å². The molecule has 10 heteroatoms. The molecule has 1 aliphatic rings. The molecule has 0 aliphatic carbocycles. The van der Waals surface area contributed by atoms with Crippen LogP contribution in [0.25, 0.3) is 0 Å². The van der Waals surface area contributed by atoms with E-state index in [1.165, 1.54) is 14.2 Å². The highest BCUT2D eigenvalue weighted by Crippen LogP contribution is 2.45. The summed E-state index contributed by atoms with van der Waals surface area (Å²) in [6.07, 6.45) is -1.48. The first-order valence-electron chi connectivity index (χ1n) is 12.8. The molecule has 0 bridgehead atoms. The van der Waals surface area contributed by atoms with Crippen molar-refractivity contribution >= 4 is 35.1 Å². The topological polar surface area (TPSA) is 103 Å². The van der Waals surface area contributed by atoms with Gasteiger partial charge >= 0.3 is 5.97 Å². The Labute approximate surface area is 234 Å². The Morgan fingerprint density at radius 1 is 1.08 bits per heavy atom. The minimum atomic E-state index is -1.10. The van der Waals surface area contributed by atoms with Crippen LogP contribution in [0.2, 0.25) is 5.02 Å². The lowest BCUT2D eigenvalue weighted by atomic mass is 9.94. The summed E-state index contributed by atoms with van der Waals surface area (Å²) < 4.78 is 22.3. The van der Waals surface area contributed by atoms with Crippen molar-refractivity contribution in [1.82, 2.24) is 5.32 Å². The van der Waals surface area contributed by atoms with Crippen molar-refractivity contribution in [3.63, 3.8) is 0 Å². The van der Waals surface area contributed by atoms with E-state index >= 15 is 0 Å². The van der Waals surface area contributed by atoms with Crippen molar-refractivity contribution < 1.29 is 33.3 Å². The third-order valence-electron chi connectivity index (χ3n) is 6.23. The maximum absolute atomic E-state index is 14.0. The van der Waals surface area contributed by atoms with Crippen LogP contribution in [-0.2, 0) is 23.9 Å². The number of anilines is 1. The van der Waals surface area contributed by atoms with Crippen molar-refractivity contribution in [3.05, 3.63) is 52.5 Å². The highest BCUT2D eigenvalue weighted by Gasteiger charge is 2.40. The molecule has 2 atom stereocenters. The number of rotatable bonds is 10. The Morgan fingerprint density at radius 3 is 2.46 bits per heavy atom. The zero-order chi connectivity index (χ0) is 28.7. The van der Waals surface area contributed by atoms with Gasteiger partial charge in [0, 0.05) is 41.3 Å². The number of nitrogens with one attached hydrogen (secondary N) is 1. The lowest BCUT2D eigenvalue weighted by Crippen LogP contribution is -2.45. The largest absolute Gasteiger partial charge is 0.493 e. The number of carbonyl (C=O) groups excluding carboxylic acids is 3. The van der Waals surface area contributed by atoms with E-state index in [1.807, 2.05) is 32.9 Å². The molecule has 0 aromatic heterocycles. The maximum atomic E-state index is 14.0. The summed E-state index contributed by atoms with van der Waals surface area (Å²) in [6.45, 7) is 6.76. The molecule has 0 spiro atoms. The molecular weight excluding hydrogens is 524 g/mol. The Kier molecular flexibility index (Phi) is 10.2. The third-order valence-corrected chi connectivity index (χ3v) is 6.47.